The number of hydrogen-bond acceptors (Lipinski definition) is 6. The summed E-state index contributed by atoms with van der Waals surface area (Å²) < 4.78 is 27.1. The van der Waals surface area contributed by atoms with E-state index in [-0.39, 0.29) is 12.3 Å². The number of thiazole rings is 1. The van der Waals surface area contributed by atoms with Gasteiger partial charge in [0.2, 0.25) is 5.91 Å². The van der Waals surface area contributed by atoms with Gasteiger partial charge in [0.05, 0.1) is 12.1 Å². The lowest BCUT2D eigenvalue weighted by atomic mass is 10.1. The molecule has 0 unspecified atom stereocenters. The number of sulfonamides is 1. The van der Waals surface area contributed by atoms with Crippen molar-refractivity contribution in [3.8, 4) is 0 Å². The predicted molar refractivity (Wildman–Crippen MR) is 126 cm³/mol. The van der Waals surface area contributed by atoms with Gasteiger partial charge in [-0.15, -0.1) is 22.7 Å². The van der Waals surface area contributed by atoms with Crippen LogP contribution >= 0.6 is 34.3 Å². The van der Waals surface area contributed by atoms with Crippen LogP contribution in [0, 0.1) is 6.92 Å². The average molecular weight is 496 g/mol. The lowest BCUT2D eigenvalue weighted by molar-refractivity contribution is -0.115. The van der Waals surface area contributed by atoms with Gasteiger partial charge >= 0.3 is 0 Å². The van der Waals surface area contributed by atoms with E-state index in [1.807, 2.05) is 31.2 Å². The van der Waals surface area contributed by atoms with E-state index in [2.05, 4.69) is 10.3 Å². The van der Waals surface area contributed by atoms with Crippen molar-refractivity contribution in [2.75, 3.05) is 18.4 Å². The molecular formula is C21H22ClN3O3S3. The van der Waals surface area contributed by atoms with Gasteiger partial charge in [-0.25, -0.2) is 13.4 Å². The third-order valence-electron chi connectivity index (χ3n) is 5.08. The fraction of sp³-hybridized carbons (Fsp3) is 0.333. The maximum Gasteiger partial charge on any atom is 0.252 e. The Morgan fingerprint density at radius 3 is 2.65 bits per heavy atom. The number of rotatable bonds is 7. The van der Waals surface area contributed by atoms with Crippen LogP contribution in [-0.4, -0.2) is 36.7 Å². The topological polar surface area (TPSA) is 79.4 Å². The molecule has 164 valence electrons. The zero-order valence-electron chi connectivity index (χ0n) is 16.9. The minimum atomic E-state index is -3.45. The molecule has 0 aliphatic carbocycles. The van der Waals surface area contributed by atoms with Gasteiger partial charge in [0.1, 0.15) is 4.21 Å². The Bertz CT molecular complexity index is 1200. The van der Waals surface area contributed by atoms with Crippen LogP contribution in [-0.2, 0) is 27.7 Å². The van der Waals surface area contributed by atoms with Gasteiger partial charge in [0, 0.05) is 34.3 Å². The fourth-order valence-corrected chi connectivity index (χ4v) is 7.66. The number of aromatic nitrogens is 1. The normalized spacial score (nSPS) is 14.8. The third kappa shape index (κ3) is 5.18. The summed E-state index contributed by atoms with van der Waals surface area (Å²) in [6, 6.07) is 11.0. The van der Waals surface area contributed by atoms with Crippen LogP contribution in [0.3, 0.4) is 0 Å². The summed E-state index contributed by atoms with van der Waals surface area (Å²) in [6.07, 6.45) is 2.55. The first-order valence-electron chi connectivity index (χ1n) is 9.91. The third-order valence-corrected chi connectivity index (χ3v) is 9.97. The Morgan fingerprint density at radius 2 is 1.90 bits per heavy atom. The molecule has 10 heteroatoms. The monoisotopic (exact) mass is 495 g/mol. The van der Waals surface area contributed by atoms with E-state index in [9.17, 15) is 13.2 Å². The number of anilines is 1. The van der Waals surface area contributed by atoms with Gasteiger partial charge in [-0.2, -0.15) is 4.31 Å². The first-order chi connectivity index (χ1) is 14.8. The minimum absolute atomic E-state index is 0.110. The highest BCUT2D eigenvalue weighted by Gasteiger charge is 2.28. The maximum absolute atomic E-state index is 12.7. The Balaban J connectivity index is 1.40. The van der Waals surface area contributed by atoms with Crippen LogP contribution in [0.2, 0.25) is 5.02 Å². The maximum atomic E-state index is 12.7. The summed E-state index contributed by atoms with van der Waals surface area (Å²) in [7, 11) is -3.45. The molecule has 2 aromatic heterocycles. The first kappa shape index (κ1) is 22.4. The van der Waals surface area contributed by atoms with E-state index >= 15 is 0 Å². The number of hydrogen-bond donors (Lipinski definition) is 1. The molecule has 1 amide bonds. The van der Waals surface area contributed by atoms with Gasteiger partial charge < -0.3 is 5.32 Å². The summed E-state index contributed by atoms with van der Waals surface area (Å²) >= 11 is 8.84. The second-order valence-corrected chi connectivity index (χ2v) is 12.2. The molecule has 0 radical (unpaired) electrons. The molecule has 1 saturated heterocycles. The number of benzene rings is 1. The molecule has 0 spiro atoms. The number of carbonyl (C=O) groups excluding carboxylic acids is 1. The number of amides is 1. The van der Waals surface area contributed by atoms with Crippen LogP contribution in [0.4, 0.5) is 5.13 Å². The number of nitrogens with zero attached hydrogens (tertiary/aromatic N) is 2. The molecule has 31 heavy (non-hydrogen) atoms. The number of nitrogens with one attached hydrogen (secondary N) is 1. The van der Waals surface area contributed by atoms with E-state index < -0.39 is 10.0 Å². The van der Waals surface area contributed by atoms with Crippen molar-refractivity contribution in [2.24, 2.45) is 0 Å². The van der Waals surface area contributed by atoms with Crippen LogP contribution < -0.4 is 5.32 Å². The predicted octanol–water partition coefficient (Wildman–Crippen LogP) is 4.72. The van der Waals surface area contributed by atoms with Gasteiger partial charge in [-0.05, 0) is 43.5 Å². The number of halogens is 1. The van der Waals surface area contributed by atoms with Crippen LogP contribution in [0.1, 0.15) is 33.9 Å². The van der Waals surface area contributed by atoms with Crippen LogP contribution in [0.25, 0.3) is 0 Å². The summed E-state index contributed by atoms with van der Waals surface area (Å²) in [6.45, 7) is 3.04. The molecule has 1 aromatic carbocycles. The molecule has 3 aromatic rings. The Hall–Kier alpha value is -1.78. The summed E-state index contributed by atoms with van der Waals surface area (Å²) in [5.41, 5.74) is 1.87. The average Bonchev–Trinajstić information content (AvgIpc) is 3.46. The highest BCUT2D eigenvalue weighted by Crippen LogP contribution is 2.29. The minimum Gasteiger partial charge on any atom is -0.302 e. The van der Waals surface area contributed by atoms with Crippen molar-refractivity contribution in [1.29, 1.82) is 0 Å². The number of thiophene rings is 1. The summed E-state index contributed by atoms with van der Waals surface area (Å²) in [5, 5.41) is 4.08. The molecule has 6 nitrogen and oxygen atoms in total. The zero-order valence-corrected chi connectivity index (χ0v) is 20.1. The molecule has 0 atom stereocenters. The molecule has 1 aliphatic heterocycles. The molecule has 1 fully saturated rings. The van der Waals surface area contributed by atoms with Crippen LogP contribution in [0.15, 0.2) is 40.6 Å². The fourth-order valence-electron chi connectivity index (χ4n) is 3.43. The first-order valence-corrected chi connectivity index (χ1v) is 13.4. The largest absolute Gasteiger partial charge is 0.302 e. The van der Waals surface area contributed by atoms with Crippen molar-refractivity contribution >= 4 is 55.3 Å². The van der Waals surface area contributed by atoms with Crippen molar-refractivity contribution in [2.45, 2.75) is 36.8 Å². The van der Waals surface area contributed by atoms with Gasteiger partial charge in [-0.1, -0.05) is 29.8 Å². The lowest BCUT2D eigenvalue weighted by Gasteiger charge is -2.13. The quantitative estimate of drug-likeness (QED) is 0.514. The molecule has 0 bridgehead atoms. The molecule has 1 N–H and O–H groups in total. The Morgan fingerprint density at radius 1 is 1.16 bits per heavy atom. The van der Waals surface area contributed by atoms with E-state index in [0.29, 0.717) is 38.8 Å². The highest BCUT2D eigenvalue weighted by molar-refractivity contribution is 7.91. The van der Waals surface area contributed by atoms with Gasteiger partial charge in [0.25, 0.3) is 10.0 Å². The van der Waals surface area contributed by atoms with E-state index in [1.54, 1.807) is 12.1 Å². The van der Waals surface area contributed by atoms with Crippen molar-refractivity contribution < 1.29 is 13.2 Å². The zero-order chi connectivity index (χ0) is 22.0. The summed E-state index contributed by atoms with van der Waals surface area (Å²) in [4.78, 5) is 18.7. The van der Waals surface area contributed by atoms with Gasteiger partial charge in [-0.3, -0.25) is 4.79 Å². The number of carbonyl (C=O) groups is 1. The summed E-state index contributed by atoms with van der Waals surface area (Å²) in [5.74, 6) is -0.218. The van der Waals surface area contributed by atoms with Crippen LogP contribution in [0.5, 0.6) is 0 Å². The van der Waals surface area contributed by atoms with E-state index in [4.69, 9.17) is 11.6 Å². The second-order valence-electron chi connectivity index (χ2n) is 7.35. The highest BCUT2D eigenvalue weighted by atomic mass is 35.5. The molecule has 1 aliphatic rings. The van der Waals surface area contributed by atoms with E-state index in [0.717, 1.165) is 40.3 Å². The SMILES string of the molecule is Cc1nc(NC(=O)Cc2ccc(S(=O)(=O)N3CCCC3)s2)sc1Cc1ccccc1Cl. The lowest BCUT2D eigenvalue weighted by Crippen LogP contribution is -2.27. The standard InChI is InChI=1S/C21H22ClN3O3S3/c1-14-18(12-15-6-2-3-7-17(15)22)30-21(23-14)24-19(26)13-16-8-9-20(29-16)31(27,28)25-10-4-5-11-25/h2-3,6-9H,4-5,10-13H2,1H3,(H,23,24,26). The van der Waals surface area contributed by atoms with Crippen molar-refractivity contribution in [3.63, 3.8) is 0 Å². The Kier molecular flexibility index (Phi) is 6.78. The van der Waals surface area contributed by atoms with Gasteiger partial charge in [0.15, 0.2) is 5.13 Å². The number of aryl methyl sites for hydroxylation is 1. The smallest absolute Gasteiger partial charge is 0.252 e. The molecule has 0 saturated carbocycles. The van der Waals surface area contributed by atoms with Crippen molar-refractivity contribution in [3.05, 3.63) is 62.4 Å². The Labute approximate surface area is 194 Å². The second kappa shape index (κ2) is 9.38. The molecule has 3 heterocycles. The van der Waals surface area contributed by atoms with Crippen molar-refractivity contribution in [1.82, 2.24) is 9.29 Å². The molecular weight excluding hydrogens is 474 g/mol. The van der Waals surface area contributed by atoms with E-state index in [1.165, 1.54) is 15.6 Å². The molecule has 4 rings (SSSR count).